The number of rotatable bonds is 3. The average molecular weight is 523 g/mol. The van der Waals surface area contributed by atoms with Crippen molar-refractivity contribution in [3.8, 4) is 0 Å². The van der Waals surface area contributed by atoms with Crippen molar-refractivity contribution in [2.75, 3.05) is 22.5 Å². The van der Waals surface area contributed by atoms with Gasteiger partial charge in [-0.3, -0.25) is 14.6 Å². The first-order valence-electron chi connectivity index (χ1n) is 9.85. The normalized spacial score (nSPS) is 13.3. The van der Waals surface area contributed by atoms with Gasteiger partial charge in [0, 0.05) is 18.4 Å². The molecule has 7 nitrogen and oxygen atoms in total. The number of halogens is 6. The third kappa shape index (κ3) is 8.16. The molecular formula is C21H19F6N3O4S. The molecule has 1 aromatic heterocycles. The quantitative estimate of drug-likeness (QED) is 0.531. The van der Waals surface area contributed by atoms with E-state index in [1.165, 1.54) is 0 Å². The number of nitrogens with one attached hydrogen (secondary N) is 1. The lowest BCUT2D eigenvalue weighted by atomic mass is 10.0. The molecule has 1 aromatic carbocycles. The highest BCUT2D eigenvalue weighted by Gasteiger charge is 2.38. The molecule has 0 spiro atoms. The number of aliphatic carboxylic acids is 1. The minimum atomic E-state index is -5.08. The van der Waals surface area contributed by atoms with Gasteiger partial charge < -0.3 is 15.3 Å². The zero-order valence-electron chi connectivity index (χ0n) is 18.0. The van der Waals surface area contributed by atoms with E-state index in [2.05, 4.69) is 10.3 Å². The fourth-order valence-corrected chi connectivity index (χ4v) is 3.72. The highest BCUT2D eigenvalue weighted by molar-refractivity contribution is 8.14. The van der Waals surface area contributed by atoms with Crippen molar-refractivity contribution in [1.82, 2.24) is 4.98 Å². The maximum atomic E-state index is 13.0. The Hall–Kier alpha value is -3.29. The molecule has 0 atom stereocenters. The van der Waals surface area contributed by atoms with E-state index in [1.54, 1.807) is 4.90 Å². The lowest BCUT2D eigenvalue weighted by molar-refractivity contribution is -0.192. The number of alkyl halides is 6. The number of aryl methyl sites for hydroxylation is 2. The molecule has 2 N–H and O–H groups in total. The van der Waals surface area contributed by atoms with Gasteiger partial charge in [0.1, 0.15) is 0 Å². The Kier molecular flexibility index (Phi) is 9.12. The van der Waals surface area contributed by atoms with Gasteiger partial charge in [0.05, 0.1) is 23.2 Å². The molecule has 0 fully saturated rings. The number of nitrogens with zero attached hydrogens (tertiary/aromatic N) is 2. The number of aromatic nitrogens is 1. The Balaban J connectivity index is 0.000000540. The third-order valence-electron chi connectivity index (χ3n) is 4.54. The van der Waals surface area contributed by atoms with Crippen LogP contribution in [0.5, 0.6) is 0 Å². The SMILES string of the molecule is Cc1ccc2c(c1)CCCN2C(=O)SCC(=O)Nc1cnccc1C(F)(F)F.O=C(O)C(F)(F)F. The first-order valence-corrected chi connectivity index (χ1v) is 10.8. The lowest BCUT2D eigenvalue weighted by Gasteiger charge is -2.29. The summed E-state index contributed by atoms with van der Waals surface area (Å²) in [5.41, 5.74) is 1.60. The predicted octanol–water partition coefficient (Wildman–Crippen LogP) is 5.29. The molecule has 1 aliphatic heterocycles. The number of carboxylic acid groups (broad SMARTS) is 1. The first kappa shape index (κ1) is 28.0. The standard InChI is InChI=1S/C19H18F3N3O2S.C2HF3O2/c1-12-4-5-16-13(9-12)3-2-8-25(16)18(27)28-11-17(26)24-15-10-23-7-6-14(15)19(20,21)22;3-2(4,5)1(6)7/h4-7,9-10H,2-3,8,11H2,1H3,(H,24,26);(H,6,7). The van der Waals surface area contributed by atoms with Crippen LogP contribution in [-0.4, -0.2) is 45.7 Å². The molecule has 0 radical (unpaired) electrons. The Morgan fingerprint density at radius 2 is 1.80 bits per heavy atom. The van der Waals surface area contributed by atoms with Gasteiger partial charge >= 0.3 is 18.3 Å². The van der Waals surface area contributed by atoms with Crippen LogP contribution in [0.25, 0.3) is 0 Å². The number of thioether (sulfide) groups is 1. The maximum Gasteiger partial charge on any atom is 0.490 e. The van der Waals surface area contributed by atoms with Crippen LogP contribution >= 0.6 is 11.8 Å². The molecule has 2 heterocycles. The summed E-state index contributed by atoms with van der Waals surface area (Å²) in [6, 6.07) is 6.63. The summed E-state index contributed by atoms with van der Waals surface area (Å²) in [6.07, 6.45) is -6.04. The molecule has 14 heteroatoms. The summed E-state index contributed by atoms with van der Waals surface area (Å²) >= 11 is 0.765. The topological polar surface area (TPSA) is 99.6 Å². The van der Waals surface area contributed by atoms with Crippen LogP contribution in [-0.2, 0) is 22.2 Å². The van der Waals surface area contributed by atoms with Crippen molar-refractivity contribution in [2.24, 2.45) is 0 Å². The molecule has 0 aliphatic carbocycles. The van der Waals surface area contributed by atoms with Crippen LogP contribution in [0.2, 0.25) is 0 Å². The van der Waals surface area contributed by atoms with Crippen LogP contribution in [0.1, 0.15) is 23.1 Å². The molecule has 0 bridgehead atoms. The summed E-state index contributed by atoms with van der Waals surface area (Å²) < 4.78 is 70.7. The number of carbonyl (C=O) groups is 3. The highest BCUT2D eigenvalue weighted by Crippen LogP contribution is 2.34. The molecule has 35 heavy (non-hydrogen) atoms. The second-order valence-electron chi connectivity index (χ2n) is 7.21. The van der Waals surface area contributed by atoms with Crippen molar-refractivity contribution in [2.45, 2.75) is 32.1 Å². The van der Waals surface area contributed by atoms with Crippen LogP contribution in [0.15, 0.2) is 36.7 Å². The zero-order valence-corrected chi connectivity index (χ0v) is 18.9. The maximum absolute atomic E-state index is 13.0. The van der Waals surface area contributed by atoms with Gasteiger partial charge in [0.25, 0.3) is 5.24 Å². The summed E-state index contributed by atoms with van der Waals surface area (Å²) in [6.45, 7) is 2.53. The number of carbonyl (C=O) groups excluding carboxylic acids is 2. The Morgan fingerprint density at radius 3 is 2.40 bits per heavy atom. The van der Waals surface area contributed by atoms with E-state index in [9.17, 15) is 35.9 Å². The molecule has 0 unspecified atom stereocenters. The number of anilines is 2. The van der Waals surface area contributed by atoms with Crippen molar-refractivity contribution in [1.29, 1.82) is 0 Å². The molecule has 2 amide bonds. The zero-order chi connectivity index (χ0) is 26.4. The fourth-order valence-electron chi connectivity index (χ4n) is 3.05. The van der Waals surface area contributed by atoms with Gasteiger partial charge in [0.2, 0.25) is 5.91 Å². The number of amides is 2. The Bertz CT molecular complexity index is 1090. The Labute approximate surface area is 199 Å². The highest BCUT2D eigenvalue weighted by atomic mass is 32.2. The fraction of sp³-hybridized carbons (Fsp3) is 0.333. The van der Waals surface area contributed by atoms with Gasteiger partial charge in [-0.2, -0.15) is 26.3 Å². The van der Waals surface area contributed by atoms with Crippen molar-refractivity contribution < 1.29 is 45.8 Å². The van der Waals surface area contributed by atoms with Gasteiger partial charge in [-0.15, -0.1) is 0 Å². The van der Waals surface area contributed by atoms with E-state index in [0.717, 1.165) is 59.9 Å². The minimum Gasteiger partial charge on any atom is -0.475 e. The number of hydrogen-bond acceptors (Lipinski definition) is 5. The Morgan fingerprint density at radius 1 is 1.14 bits per heavy atom. The largest absolute Gasteiger partial charge is 0.490 e. The molecule has 190 valence electrons. The second kappa shape index (κ2) is 11.4. The first-order chi connectivity index (χ1) is 16.2. The molecule has 0 saturated heterocycles. The second-order valence-corrected chi connectivity index (χ2v) is 8.14. The van der Waals surface area contributed by atoms with Crippen molar-refractivity contribution in [3.63, 3.8) is 0 Å². The van der Waals surface area contributed by atoms with Gasteiger partial charge in [-0.05, 0) is 37.5 Å². The van der Waals surface area contributed by atoms with E-state index >= 15 is 0 Å². The van der Waals surface area contributed by atoms with Crippen molar-refractivity contribution in [3.05, 3.63) is 53.3 Å². The molecule has 3 rings (SSSR count). The van der Waals surface area contributed by atoms with Crippen LogP contribution < -0.4 is 10.2 Å². The third-order valence-corrected chi connectivity index (χ3v) is 5.42. The van der Waals surface area contributed by atoms with E-state index in [-0.39, 0.29) is 11.0 Å². The number of carboxylic acids is 1. The lowest BCUT2D eigenvalue weighted by Crippen LogP contribution is -2.33. The molecule has 1 aliphatic rings. The van der Waals surface area contributed by atoms with Gasteiger partial charge in [-0.25, -0.2) is 4.79 Å². The van der Waals surface area contributed by atoms with E-state index in [0.29, 0.717) is 6.54 Å². The smallest absolute Gasteiger partial charge is 0.475 e. The number of fused-ring (bicyclic) bond motifs is 1. The summed E-state index contributed by atoms with van der Waals surface area (Å²) in [4.78, 5) is 38.7. The van der Waals surface area contributed by atoms with Crippen LogP contribution in [0.3, 0.4) is 0 Å². The molecular weight excluding hydrogens is 504 g/mol. The molecule has 0 saturated carbocycles. The van der Waals surface area contributed by atoms with Crippen LogP contribution in [0, 0.1) is 6.92 Å². The number of hydrogen-bond donors (Lipinski definition) is 2. The summed E-state index contributed by atoms with van der Waals surface area (Å²) in [7, 11) is 0. The van der Waals surface area contributed by atoms with Crippen LogP contribution in [0.4, 0.5) is 42.5 Å². The van der Waals surface area contributed by atoms with E-state index in [1.807, 2.05) is 25.1 Å². The number of pyridine rings is 1. The number of benzene rings is 1. The average Bonchev–Trinajstić information content (AvgIpc) is 2.76. The van der Waals surface area contributed by atoms with E-state index in [4.69, 9.17) is 9.90 Å². The van der Waals surface area contributed by atoms with Gasteiger partial charge in [0.15, 0.2) is 0 Å². The van der Waals surface area contributed by atoms with Gasteiger partial charge in [-0.1, -0.05) is 29.5 Å². The van der Waals surface area contributed by atoms with Crippen molar-refractivity contribution >= 4 is 40.3 Å². The summed E-state index contributed by atoms with van der Waals surface area (Å²) in [5.74, 6) is -3.74. The monoisotopic (exact) mass is 523 g/mol. The van der Waals surface area contributed by atoms with E-state index < -0.39 is 35.5 Å². The predicted molar refractivity (Wildman–Crippen MR) is 116 cm³/mol. The minimum absolute atomic E-state index is 0.289. The summed E-state index contributed by atoms with van der Waals surface area (Å²) in [5, 5.41) is 9.01. The molecule has 2 aromatic rings.